The standard InChI is InChI=1S/C35H44FN4O12P/c1-21(2)48-31(42)22(3)39-53(46,52-24-15-11-8-12-16-24)47-20-28-27(18-29(49-28)40-19-25(36)30(41)38-33(40)44)50-32(43)26(17-23-13-9-7-10-14-23)37-34(45)51-35(4,5)6/h7-16,19,21-22,26-29H,17-18,20H2,1-6H3,(H,37,45)(H,39,46)(H,38,41,44)/t22-,26-,27-,28+,29+,53-/m0/s1. The summed E-state index contributed by atoms with van der Waals surface area (Å²) in [6, 6.07) is 14.3. The molecule has 0 bridgehead atoms. The van der Waals surface area contributed by atoms with E-state index in [9.17, 15) is 32.9 Å². The molecule has 4 rings (SSSR count). The van der Waals surface area contributed by atoms with Crippen LogP contribution in [0.4, 0.5) is 9.18 Å². The van der Waals surface area contributed by atoms with Crippen LogP contribution in [0.25, 0.3) is 0 Å². The molecule has 0 radical (unpaired) electrons. The van der Waals surface area contributed by atoms with Gasteiger partial charge in [-0.1, -0.05) is 48.5 Å². The van der Waals surface area contributed by atoms with Gasteiger partial charge in [-0.25, -0.2) is 18.9 Å². The van der Waals surface area contributed by atoms with Crippen molar-refractivity contribution in [2.75, 3.05) is 6.61 Å². The Bertz CT molecular complexity index is 1880. The van der Waals surface area contributed by atoms with Gasteiger partial charge in [-0.15, -0.1) is 0 Å². The van der Waals surface area contributed by atoms with Gasteiger partial charge in [0.25, 0.3) is 5.56 Å². The van der Waals surface area contributed by atoms with Crippen LogP contribution >= 0.6 is 7.75 Å². The van der Waals surface area contributed by atoms with Crippen LogP contribution in [0.2, 0.25) is 0 Å². The lowest BCUT2D eigenvalue weighted by atomic mass is 10.1. The van der Waals surface area contributed by atoms with E-state index in [0.29, 0.717) is 11.8 Å². The van der Waals surface area contributed by atoms with E-state index < -0.39 is 91.7 Å². The van der Waals surface area contributed by atoms with Gasteiger partial charge in [0.05, 0.1) is 18.9 Å². The number of benzene rings is 2. The van der Waals surface area contributed by atoms with Gasteiger partial charge in [-0.3, -0.25) is 23.7 Å². The molecular formula is C35H44FN4O12P. The lowest BCUT2D eigenvalue weighted by Gasteiger charge is -2.27. The Morgan fingerprint density at radius 3 is 2.28 bits per heavy atom. The summed E-state index contributed by atoms with van der Waals surface area (Å²) in [4.78, 5) is 65.5. The Hall–Kier alpha value is -4.83. The maximum absolute atomic E-state index is 14.3. The quantitative estimate of drug-likeness (QED) is 0.113. The molecule has 1 aromatic heterocycles. The molecule has 1 saturated heterocycles. The third-order valence-corrected chi connectivity index (χ3v) is 9.02. The van der Waals surface area contributed by atoms with Crippen molar-refractivity contribution >= 4 is 25.8 Å². The van der Waals surface area contributed by atoms with E-state index in [1.807, 2.05) is 4.98 Å². The first-order valence-electron chi connectivity index (χ1n) is 16.8. The first-order valence-corrected chi connectivity index (χ1v) is 18.3. The van der Waals surface area contributed by atoms with Crippen LogP contribution in [0.3, 0.4) is 0 Å². The number of carbonyl (C=O) groups is 3. The van der Waals surface area contributed by atoms with Gasteiger partial charge in [0.15, 0.2) is 0 Å². The van der Waals surface area contributed by atoms with Crippen molar-refractivity contribution in [2.45, 2.75) is 96.6 Å². The van der Waals surface area contributed by atoms with Crippen molar-refractivity contribution in [2.24, 2.45) is 0 Å². The van der Waals surface area contributed by atoms with Crippen LogP contribution in [0.1, 0.15) is 59.8 Å². The molecule has 6 atom stereocenters. The first kappa shape index (κ1) is 40.9. The molecule has 0 saturated carbocycles. The predicted octanol–water partition coefficient (Wildman–Crippen LogP) is 4.14. The molecule has 3 aromatic rings. The lowest BCUT2D eigenvalue weighted by molar-refractivity contribution is -0.155. The summed E-state index contributed by atoms with van der Waals surface area (Å²) in [5.74, 6) is -2.83. The summed E-state index contributed by atoms with van der Waals surface area (Å²) in [7, 11) is -4.45. The SMILES string of the molecule is CC(C)OC(=O)[C@H](C)N[P@](=O)(OC[C@H]1O[C@@H](n2cc(F)c(=O)[nH]c2=O)C[C@@H]1OC(=O)[C@H](Cc1ccccc1)NC(=O)OC(C)(C)C)Oc1ccccc1. The van der Waals surface area contributed by atoms with Crippen LogP contribution in [0, 0.1) is 5.82 Å². The fourth-order valence-electron chi connectivity index (χ4n) is 5.05. The van der Waals surface area contributed by atoms with E-state index in [0.717, 1.165) is 4.57 Å². The Morgan fingerprint density at radius 2 is 1.66 bits per heavy atom. The molecule has 2 heterocycles. The highest BCUT2D eigenvalue weighted by atomic mass is 31.2. The van der Waals surface area contributed by atoms with Gasteiger partial charge >= 0.3 is 31.5 Å². The van der Waals surface area contributed by atoms with Crippen LogP contribution in [-0.4, -0.2) is 70.2 Å². The topological polar surface area (TPSA) is 203 Å². The highest BCUT2D eigenvalue weighted by Gasteiger charge is 2.43. The largest absolute Gasteiger partial charge is 0.462 e. The first-order chi connectivity index (χ1) is 24.9. The minimum atomic E-state index is -4.45. The molecule has 1 fully saturated rings. The number of hydrogen-bond donors (Lipinski definition) is 3. The zero-order valence-corrected chi connectivity index (χ0v) is 31.0. The molecule has 1 amide bonds. The Labute approximate surface area is 304 Å². The van der Waals surface area contributed by atoms with Crippen LogP contribution in [0.5, 0.6) is 5.75 Å². The van der Waals surface area contributed by atoms with Crippen molar-refractivity contribution < 1.29 is 51.3 Å². The molecule has 0 spiro atoms. The molecule has 1 aliphatic rings. The van der Waals surface area contributed by atoms with Gasteiger partial charge in [-0.2, -0.15) is 9.48 Å². The van der Waals surface area contributed by atoms with Gasteiger partial charge in [0, 0.05) is 12.8 Å². The predicted molar refractivity (Wildman–Crippen MR) is 187 cm³/mol. The number of rotatable bonds is 15. The fourth-order valence-corrected chi connectivity index (χ4v) is 6.55. The van der Waals surface area contributed by atoms with Gasteiger partial charge in [0.1, 0.15) is 41.9 Å². The molecule has 3 N–H and O–H groups in total. The van der Waals surface area contributed by atoms with E-state index in [-0.39, 0.29) is 18.6 Å². The summed E-state index contributed by atoms with van der Waals surface area (Å²) < 4.78 is 63.2. The normalized spacial score (nSPS) is 19.4. The van der Waals surface area contributed by atoms with E-state index in [2.05, 4.69) is 10.4 Å². The third-order valence-electron chi connectivity index (χ3n) is 7.38. The van der Waals surface area contributed by atoms with E-state index in [1.165, 1.54) is 19.1 Å². The second-order valence-corrected chi connectivity index (χ2v) is 15.1. The molecule has 0 unspecified atom stereocenters. The third kappa shape index (κ3) is 12.4. The number of esters is 2. The van der Waals surface area contributed by atoms with Crippen molar-refractivity contribution in [3.8, 4) is 5.75 Å². The number of aromatic nitrogens is 2. The number of aromatic amines is 1. The number of para-hydroxylation sites is 1. The molecule has 53 heavy (non-hydrogen) atoms. The number of hydrogen-bond acceptors (Lipinski definition) is 12. The number of carbonyl (C=O) groups excluding carboxylic acids is 3. The van der Waals surface area contributed by atoms with Crippen LogP contribution < -0.4 is 26.2 Å². The molecule has 2 aromatic carbocycles. The second-order valence-electron chi connectivity index (χ2n) is 13.4. The lowest BCUT2D eigenvalue weighted by Crippen LogP contribution is -2.47. The average molecular weight is 763 g/mol. The number of nitrogens with one attached hydrogen (secondary N) is 3. The Kier molecular flexibility index (Phi) is 13.7. The van der Waals surface area contributed by atoms with Gasteiger partial charge < -0.3 is 28.8 Å². The maximum atomic E-state index is 14.3. The number of amides is 1. The van der Waals surface area contributed by atoms with Crippen molar-refractivity contribution in [3.63, 3.8) is 0 Å². The zero-order valence-electron chi connectivity index (χ0n) is 30.1. The summed E-state index contributed by atoms with van der Waals surface area (Å²) >= 11 is 0. The molecular weight excluding hydrogens is 718 g/mol. The van der Waals surface area contributed by atoms with Gasteiger partial charge in [0.2, 0.25) is 5.82 Å². The monoisotopic (exact) mass is 762 g/mol. The summed E-state index contributed by atoms with van der Waals surface area (Å²) in [5, 5.41) is 5.08. The molecule has 16 nitrogen and oxygen atoms in total. The zero-order chi connectivity index (χ0) is 38.9. The van der Waals surface area contributed by atoms with Crippen molar-refractivity contribution in [3.05, 3.63) is 99.1 Å². The Balaban J connectivity index is 1.63. The number of halogens is 1. The van der Waals surface area contributed by atoms with Crippen LogP contribution in [-0.2, 0) is 44.0 Å². The molecule has 1 aliphatic heterocycles. The number of ether oxygens (including phenoxy) is 4. The van der Waals surface area contributed by atoms with Crippen molar-refractivity contribution in [1.29, 1.82) is 0 Å². The van der Waals surface area contributed by atoms with E-state index in [1.54, 1.807) is 83.1 Å². The van der Waals surface area contributed by atoms with E-state index in [4.69, 9.17) is 28.0 Å². The summed E-state index contributed by atoms with van der Waals surface area (Å²) in [6.45, 7) is 9.02. The average Bonchev–Trinajstić information content (AvgIpc) is 3.47. The van der Waals surface area contributed by atoms with E-state index >= 15 is 0 Å². The number of alkyl carbamates (subject to hydrolysis) is 1. The second kappa shape index (κ2) is 17.8. The fraction of sp³-hybridized carbons (Fsp3) is 0.457. The minimum Gasteiger partial charge on any atom is -0.462 e. The van der Waals surface area contributed by atoms with Crippen molar-refractivity contribution in [1.82, 2.24) is 20.0 Å². The minimum absolute atomic E-state index is 0.00389. The molecule has 288 valence electrons. The van der Waals surface area contributed by atoms with Gasteiger partial charge in [-0.05, 0) is 59.2 Å². The summed E-state index contributed by atoms with van der Waals surface area (Å²) in [5.41, 5.74) is -2.47. The number of H-pyrrole nitrogens is 1. The van der Waals surface area contributed by atoms with Crippen LogP contribution in [0.15, 0.2) is 76.4 Å². The highest BCUT2D eigenvalue weighted by molar-refractivity contribution is 7.52. The smallest absolute Gasteiger partial charge is 0.459 e. The Morgan fingerprint density at radius 1 is 1.02 bits per heavy atom. The molecule has 0 aliphatic carbocycles. The number of nitrogens with zero attached hydrogens (tertiary/aromatic N) is 1. The maximum Gasteiger partial charge on any atom is 0.459 e. The molecule has 18 heteroatoms. The summed E-state index contributed by atoms with van der Waals surface area (Å²) in [6.07, 6.45) is -4.87. The highest BCUT2D eigenvalue weighted by Crippen LogP contribution is 2.46.